The molecule has 1 saturated carbocycles. The SMILES string of the molecule is CN(CC1[C@@H](c2ccc(S(N)(=O)=O)cc2)C1(C)C)c1ccccc1. The van der Waals surface area contributed by atoms with Gasteiger partial charge in [0.2, 0.25) is 10.0 Å². The quantitative estimate of drug-likeness (QED) is 0.906. The third-order valence-electron chi connectivity index (χ3n) is 5.29. The van der Waals surface area contributed by atoms with E-state index in [0.29, 0.717) is 11.8 Å². The molecule has 2 N–H and O–H groups in total. The van der Waals surface area contributed by atoms with E-state index in [2.05, 4.69) is 37.9 Å². The van der Waals surface area contributed by atoms with E-state index in [0.717, 1.165) is 6.54 Å². The first kappa shape index (κ1) is 17.0. The van der Waals surface area contributed by atoms with E-state index >= 15 is 0 Å². The summed E-state index contributed by atoms with van der Waals surface area (Å²) in [4.78, 5) is 2.45. The van der Waals surface area contributed by atoms with Crippen molar-refractivity contribution in [2.24, 2.45) is 16.5 Å². The lowest BCUT2D eigenvalue weighted by Crippen LogP contribution is -2.21. The molecule has 0 heterocycles. The summed E-state index contributed by atoms with van der Waals surface area (Å²) in [7, 11) is -1.51. The molecule has 0 saturated heterocycles. The normalized spacial score (nSPS) is 22.2. The highest BCUT2D eigenvalue weighted by molar-refractivity contribution is 7.89. The maximum absolute atomic E-state index is 11.4. The van der Waals surface area contributed by atoms with Crippen LogP contribution >= 0.6 is 0 Å². The number of para-hydroxylation sites is 1. The molecule has 0 amide bonds. The number of hydrogen-bond acceptors (Lipinski definition) is 3. The van der Waals surface area contributed by atoms with Gasteiger partial charge in [-0.15, -0.1) is 0 Å². The van der Waals surface area contributed by atoms with Crippen LogP contribution in [0.15, 0.2) is 59.5 Å². The first-order valence-electron chi connectivity index (χ1n) is 8.10. The van der Waals surface area contributed by atoms with Gasteiger partial charge in [0.25, 0.3) is 0 Å². The Kier molecular flexibility index (Phi) is 4.18. The van der Waals surface area contributed by atoms with Gasteiger partial charge in [-0.25, -0.2) is 13.6 Å². The minimum atomic E-state index is -3.63. The zero-order valence-electron chi connectivity index (χ0n) is 14.3. The van der Waals surface area contributed by atoms with Crippen LogP contribution in [0, 0.1) is 11.3 Å². The van der Waals surface area contributed by atoms with Gasteiger partial charge in [0.05, 0.1) is 4.90 Å². The maximum Gasteiger partial charge on any atom is 0.238 e. The van der Waals surface area contributed by atoms with E-state index in [1.165, 1.54) is 11.3 Å². The molecule has 5 heteroatoms. The largest absolute Gasteiger partial charge is 0.374 e. The third kappa shape index (κ3) is 3.19. The van der Waals surface area contributed by atoms with E-state index < -0.39 is 10.0 Å². The van der Waals surface area contributed by atoms with Gasteiger partial charge in [0, 0.05) is 19.3 Å². The van der Waals surface area contributed by atoms with Crippen LogP contribution < -0.4 is 10.0 Å². The molecular weight excluding hydrogens is 320 g/mol. The second kappa shape index (κ2) is 5.90. The molecule has 128 valence electrons. The van der Waals surface area contributed by atoms with Crippen molar-refractivity contribution in [3.05, 3.63) is 60.2 Å². The highest BCUT2D eigenvalue weighted by Crippen LogP contribution is 2.64. The van der Waals surface area contributed by atoms with Gasteiger partial charge in [0.1, 0.15) is 0 Å². The lowest BCUT2D eigenvalue weighted by Gasteiger charge is -2.20. The molecule has 1 unspecified atom stereocenters. The molecule has 4 nitrogen and oxygen atoms in total. The minimum Gasteiger partial charge on any atom is -0.374 e. The van der Waals surface area contributed by atoms with E-state index in [-0.39, 0.29) is 10.3 Å². The van der Waals surface area contributed by atoms with E-state index in [1.807, 2.05) is 30.3 Å². The molecule has 3 rings (SSSR count). The average molecular weight is 344 g/mol. The van der Waals surface area contributed by atoms with E-state index in [9.17, 15) is 8.42 Å². The molecule has 2 aromatic rings. The lowest BCUT2D eigenvalue weighted by molar-refractivity contribution is 0.552. The van der Waals surface area contributed by atoms with Crippen molar-refractivity contribution in [1.82, 2.24) is 0 Å². The van der Waals surface area contributed by atoms with Crippen LogP contribution in [0.25, 0.3) is 0 Å². The molecule has 24 heavy (non-hydrogen) atoms. The lowest BCUT2D eigenvalue weighted by atomic mass is 10.0. The molecule has 0 radical (unpaired) electrons. The van der Waals surface area contributed by atoms with Crippen molar-refractivity contribution < 1.29 is 8.42 Å². The predicted molar refractivity (Wildman–Crippen MR) is 97.5 cm³/mol. The Bertz CT molecular complexity index is 814. The summed E-state index contributed by atoms with van der Waals surface area (Å²) in [6.07, 6.45) is 0. The summed E-state index contributed by atoms with van der Waals surface area (Å²) in [6, 6.07) is 17.4. The standard InChI is InChI=1S/C19H24N2O2S/c1-19(2)17(13-21(3)15-7-5-4-6-8-15)18(19)14-9-11-16(12-10-14)24(20,22)23/h4-12,17-18H,13H2,1-3H3,(H2,20,22,23)/t17?,18-/m1/s1. The van der Waals surface area contributed by atoms with Crippen LogP contribution in [0.3, 0.4) is 0 Å². The molecule has 1 fully saturated rings. The van der Waals surface area contributed by atoms with Gasteiger partial charge in [-0.3, -0.25) is 0 Å². The van der Waals surface area contributed by atoms with Crippen molar-refractivity contribution in [2.45, 2.75) is 24.7 Å². The summed E-state index contributed by atoms with van der Waals surface area (Å²) in [5.74, 6) is 0.959. The summed E-state index contributed by atoms with van der Waals surface area (Å²) in [5.41, 5.74) is 2.59. The molecule has 1 aliphatic rings. The number of primary sulfonamides is 1. The van der Waals surface area contributed by atoms with Crippen LogP contribution in [0.5, 0.6) is 0 Å². The Morgan fingerprint density at radius 2 is 1.62 bits per heavy atom. The van der Waals surface area contributed by atoms with Gasteiger partial charge in [0.15, 0.2) is 0 Å². The van der Waals surface area contributed by atoms with Crippen molar-refractivity contribution in [1.29, 1.82) is 0 Å². The molecule has 1 aliphatic carbocycles. The Morgan fingerprint density at radius 1 is 1.04 bits per heavy atom. The fourth-order valence-electron chi connectivity index (χ4n) is 3.69. The minimum absolute atomic E-state index is 0.169. The first-order chi connectivity index (χ1) is 11.2. The van der Waals surface area contributed by atoms with Gasteiger partial charge in [-0.1, -0.05) is 44.2 Å². The highest BCUT2D eigenvalue weighted by Gasteiger charge is 2.58. The Labute approximate surface area is 144 Å². The molecular formula is C19H24N2O2S. The zero-order valence-corrected chi connectivity index (χ0v) is 15.1. The molecule has 0 spiro atoms. The van der Waals surface area contributed by atoms with Crippen LogP contribution in [0.1, 0.15) is 25.3 Å². The second-order valence-corrected chi connectivity index (χ2v) is 8.80. The molecule has 0 bridgehead atoms. The van der Waals surface area contributed by atoms with Crippen molar-refractivity contribution in [3.8, 4) is 0 Å². The Balaban J connectivity index is 1.75. The van der Waals surface area contributed by atoms with Crippen molar-refractivity contribution >= 4 is 15.7 Å². The zero-order chi connectivity index (χ0) is 17.5. The molecule has 2 atom stereocenters. The monoisotopic (exact) mass is 344 g/mol. The van der Waals surface area contributed by atoms with Gasteiger partial charge >= 0.3 is 0 Å². The van der Waals surface area contributed by atoms with Crippen LogP contribution in [0.4, 0.5) is 5.69 Å². The third-order valence-corrected chi connectivity index (χ3v) is 6.21. The summed E-state index contributed by atoms with van der Waals surface area (Å²) >= 11 is 0. The van der Waals surface area contributed by atoms with Crippen LogP contribution in [-0.2, 0) is 10.0 Å². The molecule has 0 aliphatic heterocycles. The predicted octanol–water partition coefficient (Wildman–Crippen LogP) is 3.21. The number of rotatable bonds is 5. The van der Waals surface area contributed by atoms with Gasteiger partial charge in [-0.2, -0.15) is 0 Å². The number of nitrogens with two attached hydrogens (primary N) is 1. The summed E-state index contributed by atoms with van der Waals surface area (Å²) < 4.78 is 22.8. The summed E-state index contributed by atoms with van der Waals surface area (Å²) in [6.45, 7) is 5.52. The average Bonchev–Trinajstić information content (AvgIpc) is 3.08. The first-order valence-corrected chi connectivity index (χ1v) is 9.65. The number of nitrogens with zero attached hydrogens (tertiary/aromatic N) is 1. The highest BCUT2D eigenvalue weighted by atomic mass is 32.2. The van der Waals surface area contributed by atoms with E-state index in [4.69, 9.17) is 5.14 Å². The smallest absolute Gasteiger partial charge is 0.238 e. The second-order valence-electron chi connectivity index (χ2n) is 7.24. The van der Waals surface area contributed by atoms with E-state index in [1.54, 1.807) is 12.1 Å². The van der Waals surface area contributed by atoms with Crippen LogP contribution in [0.2, 0.25) is 0 Å². The maximum atomic E-state index is 11.4. The summed E-state index contributed by atoms with van der Waals surface area (Å²) in [5, 5.41) is 5.18. The van der Waals surface area contributed by atoms with Gasteiger partial charge in [-0.05, 0) is 47.1 Å². The van der Waals surface area contributed by atoms with Crippen molar-refractivity contribution in [3.63, 3.8) is 0 Å². The Morgan fingerprint density at radius 3 is 2.17 bits per heavy atom. The fourth-order valence-corrected chi connectivity index (χ4v) is 4.21. The topological polar surface area (TPSA) is 63.4 Å². The van der Waals surface area contributed by atoms with Crippen molar-refractivity contribution in [2.75, 3.05) is 18.5 Å². The van der Waals surface area contributed by atoms with Gasteiger partial charge < -0.3 is 4.90 Å². The van der Waals surface area contributed by atoms with Crippen LogP contribution in [-0.4, -0.2) is 22.0 Å². The Hall–Kier alpha value is -1.85. The number of hydrogen-bond donors (Lipinski definition) is 1. The number of benzene rings is 2. The number of anilines is 1. The number of sulfonamides is 1. The molecule has 2 aromatic carbocycles. The fraction of sp³-hybridized carbons (Fsp3) is 0.368. The molecule has 0 aromatic heterocycles.